The highest BCUT2D eigenvalue weighted by Crippen LogP contribution is 2.41. The Labute approximate surface area is 158 Å². The molecule has 3 aromatic rings. The maximum absolute atomic E-state index is 13.7. The molecule has 0 saturated carbocycles. The first-order chi connectivity index (χ1) is 12.7. The summed E-state index contributed by atoms with van der Waals surface area (Å²) in [6, 6.07) is 6.86. The highest BCUT2D eigenvalue weighted by molar-refractivity contribution is 6.33. The summed E-state index contributed by atoms with van der Waals surface area (Å²) in [6.07, 6.45) is -3.11. The first-order valence-electron chi connectivity index (χ1n) is 8.11. The molecule has 0 aliphatic heterocycles. The zero-order chi connectivity index (χ0) is 19.8. The normalized spacial score (nSPS) is 13.1. The summed E-state index contributed by atoms with van der Waals surface area (Å²) in [7, 11) is 0. The van der Waals surface area contributed by atoms with Crippen molar-refractivity contribution in [1.82, 2.24) is 14.8 Å². The molecule has 1 aromatic carbocycles. The molecular weight excluding hydrogens is 383 g/mol. The fourth-order valence-corrected chi connectivity index (χ4v) is 3.27. The van der Waals surface area contributed by atoms with Crippen LogP contribution in [0.4, 0.5) is 13.2 Å². The predicted molar refractivity (Wildman–Crippen MR) is 95.1 cm³/mol. The third-order valence-corrected chi connectivity index (χ3v) is 4.45. The lowest BCUT2D eigenvalue weighted by Gasteiger charge is -2.14. The van der Waals surface area contributed by atoms with Crippen LogP contribution < -0.4 is 0 Å². The van der Waals surface area contributed by atoms with Crippen molar-refractivity contribution >= 4 is 11.6 Å². The van der Waals surface area contributed by atoms with Crippen molar-refractivity contribution in [3.05, 3.63) is 52.9 Å². The summed E-state index contributed by atoms with van der Waals surface area (Å²) in [5.74, 6) is 0. The van der Waals surface area contributed by atoms with Gasteiger partial charge in [0.15, 0.2) is 5.69 Å². The molecule has 0 radical (unpaired) electrons. The summed E-state index contributed by atoms with van der Waals surface area (Å²) in [6.45, 7) is 0.588. The van der Waals surface area contributed by atoms with Gasteiger partial charge in [-0.15, -0.1) is 0 Å². The summed E-state index contributed by atoms with van der Waals surface area (Å²) in [5, 5.41) is 23.5. The van der Waals surface area contributed by atoms with E-state index in [-0.39, 0.29) is 23.4 Å². The van der Waals surface area contributed by atoms with Gasteiger partial charge >= 0.3 is 6.18 Å². The van der Waals surface area contributed by atoms with Crippen molar-refractivity contribution in [1.29, 1.82) is 0 Å². The molecule has 27 heavy (non-hydrogen) atoms. The van der Waals surface area contributed by atoms with Crippen LogP contribution in [0.25, 0.3) is 22.4 Å². The lowest BCUT2D eigenvalue weighted by molar-refractivity contribution is -0.144. The second-order valence-corrected chi connectivity index (χ2v) is 6.54. The molecule has 0 aliphatic rings. The molecule has 9 heteroatoms. The quantitative estimate of drug-likeness (QED) is 0.605. The van der Waals surface area contributed by atoms with Crippen LogP contribution in [0.15, 0.2) is 36.7 Å². The van der Waals surface area contributed by atoms with E-state index in [1.807, 2.05) is 0 Å². The van der Waals surface area contributed by atoms with E-state index in [2.05, 4.69) is 10.1 Å². The Balaban J connectivity index is 2.19. The van der Waals surface area contributed by atoms with Gasteiger partial charge in [0.25, 0.3) is 0 Å². The van der Waals surface area contributed by atoms with E-state index in [4.69, 9.17) is 11.6 Å². The van der Waals surface area contributed by atoms with Gasteiger partial charge in [0.2, 0.25) is 0 Å². The molecular formula is C18H17ClF3N3O2. The molecule has 0 unspecified atom stereocenters. The second kappa shape index (κ2) is 7.38. The Kier molecular flexibility index (Phi) is 5.32. The molecule has 3 N–H and O–H groups in total. The monoisotopic (exact) mass is 399 g/mol. The molecule has 2 aromatic heterocycles. The number of aliphatic hydroxyl groups excluding tert-OH is 2. The Hall–Kier alpha value is -2.29. The number of aromatic amines is 1. The third kappa shape index (κ3) is 3.73. The number of aromatic nitrogens is 3. The highest BCUT2D eigenvalue weighted by Gasteiger charge is 2.39. The van der Waals surface area contributed by atoms with Crippen molar-refractivity contribution in [2.75, 3.05) is 0 Å². The van der Waals surface area contributed by atoms with Crippen LogP contribution in [0, 0.1) is 0 Å². The number of benzene rings is 1. The van der Waals surface area contributed by atoms with E-state index in [1.165, 1.54) is 13.1 Å². The maximum atomic E-state index is 13.7. The molecule has 0 saturated heterocycles. The Morgan fingerprint density at radius 2 is 1.93 bits per heavy atom. The summed E-state index contributed by atoms with van der Waals surface area (Å²) in [4.78, 5) is 2.81. The number of aliphatic hydroxyl groups is 2. The summed E-state index contributed by atoms with van der Waals surface area (Å²) in [5.41, 5.74) is 0.295. The van der Waals surface area contributed by atoms with Gasteiger partial charge in [0.05, 0.1) is 31.1 Å². The minimum Gasteiger partial charge on any atom is -0.392 e. The molecule has 3 rings (SSSR count). The number of hydrogen-bond acceptors (Lipinski definition) is 3. The molecule has 0 fully saturated rings. The molecule has 0 aliphatic carbocycles. The van der Waals surface area contributed by atoms with E-state index in [1.54, 1.807) is 24.3 Å². The Morgan fingerprint density at radius 3 is 2.52 bits per heavy atom. The van der Waals surface area contributed by atoms with Gasteiger partial charge in [-0.1, -0.05) is 29.8 Å². The predicted octanol–water partition coefficient (Wildman–Crippen LogP) is 4.09. The maximum Gasteiger partial charge on any atom is 0.433 e. The van der Waals surface area contributed by atoms with E-state index in [9.17, 15) is 23.4 Å². The lowest BCUT2D eigenvalue weighted by Crippen LogP contribution is -2.21. The average molecular weight is 400 g/mol. The van der Waals surface area contributed by atoms with Crippen molar-refractivity contribution in [3.63, 3.8) is 0 Å². The SMILES string of the molecule is C[C@H](O)Cn1ncc(-c2[nH]cc(-c3ccccc3Cl)c2CO)c1C(F)(F)F. The van der Waals surface area contributed by atoms with Gasteiger partial charge in [0.1, 0.15) is 0 Å². The first kappa shape index (κ1) is 19.5. The van der Waals surface area contributed by atoms with Crippen LogP contribution >= 0.6 is 11.6 Å². The van der Waals surface area contributed by atoms with Crippen molar-refractivity contribution < 1.29 is 23.4 Å². The number of H-pyrrole nitrogens is 1. The van der Waals surface area contributed by atoms with Crippen LogP contribution in [0.1, 0.15) is 18.2 Å². The van der Waals surface area contributed by atoms with Crippen LogP contribution in [0.2, 0.25) is 5.02 Å². The molecule has 144 valence electrons. The number of hydrogen-bond donors (Lipinski definition) is 3. The molecule has 0 spiro atoms. The topological polar surface area (TPSA) is 74.1 Å². The van der Waals surface area contributed by atoms with E-state index < -0.39 is 24.6 Å². The number of halogens is 4. The van der Waals surface area contributed by atoms with Crippen LogP contribution in [0.5, 0.6) is 0 Å². The smallest absolute Gasteiger partial charge is 0.392 e. The minimum atomic E-state index is -4.69. The molecule has 5 nitrogen and oxygen atoms in total. The van der Waals surface area contributed by atoms with Crippen molar-refractivity contribution in [3.8, 4) is 22.4 Å². The van der Waals surface area contributed by atoms with Crippen molar-refractivity contribution in [2.24, 2.45) is 0 Å². The largest absolute Gasteiger partial charge is 0.433 e. The Morgan fingerprint density at radius 1 is 1.22 bits per heavy atom. The molecule has 0 amide bonds. The number of nitrogens with one attached hydrogen (secondary N) is 1. The third-order valence-electron chi connectivity index (χ3n) is 4.12. The van der Waals surface area contributed by atoms with Crippen LogP contribution in [-0.4, -0.2) is 31.1 Å². The van der Waals surface area contributed by atoms with Crippen LogP contribution in [-0.2, 0) is 19.3 Å². The zero-order valence-electron chi connectivity index (χ0n) is 14.3. The van der Waals surface area contributed by atoms with Gasteiger partial charge in [-0.05, 0) is 13.0 Å². The summed E-state index contributed by atoms with van der Waals surface area (Å²) < 4.78 is 41.7. The molecule has 2 heterocycles. The summed E-state index contributed by atoms with van der Waals surface area (Å²) >= 11 is 6.19. The fourth-order valence-electron chi connectivity index (χ4n) is 3.03. The highest BCUT2D eigenvalue weighted by atomic mass is 35.5. The van der Waals surface area contributed by atoms with Gasteiger partial charge in [-0.2, -0.15) is 18.3 Å². The fraction of sp³-hybridized carbons (Fsp3) is 0.278. The van der Waals surface area contributed by atoms with E-state index in [0.29, 0.717) is 16.1 Å². The lowest BCUT2D eigenvalue weighted by atomic mass is 10.0. The van der Waals surface area contributed by atoms with Gasteiger partial charge in [0, 0.05) is 33.5 Å². The van der Waals surface area contributed by atoms with Crippen molar-refractivity contribution in [2.45, 2.75) is 32.4 Å². The first-order valence-corrected chi connectivity index (χ1v) is 8.49. The number of alkyl halides is 3. The van der Waals surface area contributed by atoms with Gasteiger partial charge < -0.3 is 15.2 Å². The zero-order valence-corrected chi connectivity index (χ0v) is 15.0. The van der Waals surface area contributed by atoms with Gasteiger partial charge in [-0.25, -0.2) is 0 Å². The number of rotatable bonds is 5. The average Bonchev–Trinajstić information content (AvgIpc) is 3.17. The Bertz CT molecular complexity index is 948. The number of nitrogens with zero attached hydrogens (tertiary/aromatic N) is 2. The minimum absolute atomic E-state index is 0.108. The second-order valence-electron chi connectivity index (χ2n) is 6.13. The van der Waals surface area contributed by atoms with E-state index >= 15 is 0 Å². The van der Waals surface area contributed by atoms with Gasteiger partial charge in [-0.3, -0.25) is 4.68 Å². The van der Waals surface area contributed by atoms with Crippen LogP contribution in [0.3, 0.4) is 0 Å². The standard InChI is InChI=1S/C18H17ClF3N3O2/c1-10(27)8-25-17(18(20,21)22)13(7-24-25)16-14(9-26)12(6-23-16)11-4-2-3-5-15(11)19/h2-7,10,23,26-27H,8-9H2,1H3/t10-/m0/s1. The molecule has 0 bridgehead atoms. The molecule has 1 atom stereocenters. The van der Waals surface area contributed by atoms with E-state index in [0.717, 1.165) is 10.9 Å².